The van der Waals surface area contributed by atoms with Crippen LogP contribution in [-0.2, 0) is 4.79 Å². The van der Waals surface area contributed by atoms with Crippen molar-refractivity contribution in [1.82, 2.24) is 9.97 Å². The van der Waals surface area contributed by atoms with Crippen molar-refractivity contribution in [2.24, 2.45) is 11.8 Å². The van der Waals surface area contributed by atoms with Crippen molar-refractivity contribution in [2.45, 2.75) is 26.2 Å². The summed E-state index contributed by atoms with van der Waals surface area (Å²) in [5.41, 5.74) is 0.991. The summed E-state index contributed by atoms with van der Waals surface area (Å²) in [4.78, 5) is 22.0. The van der Waals surface area contributed by atoms with Gasteiger partial charge in [-0.15, -0.1) is 11.3 Å². The lowest BCUT2D eigenvalue weighted by Gasteiger charge is -2.36. The highest BCUT2D eigenvalue weighted by atomic mass is 32.1. The number of thiophene rings is 1. The molecular formula is C15H19N3O2S. The Morgan fingerprint density at radius 3 is 3.24 bits per heavy atom. The van der Waals surface area contributed by atoms with Crippen molar-refractivity contribution in [3.05, 3.63) is 17.8 Å². The van der Waals surface area contributed by atoms with Crippen LogP contribution < -0.4 is 4.90 Å². The Morgan fingerprint density at radius 2 is 2.43 bits per heavy atom. The lowest BCUT2D eigenvalue weighted by Crippen LogP contribution is -2.38. The van der Waals surface area contributed by atoms with E-state index in [2.05, 4.69) is 14.9 Å². The number of aliphatic carboxylic acids is 1. The third-order valence-electron chi connectivity index (χ3n) is 4.28. The van der Waals surface area contributed by atoms with Crippen LogP contribution in [0.1, 0.15) is 26.2 Å². The molecule has 1 aliphatic heterocycles. The molecule has 1 N–H and O–H groups in total. The smallest absolute Gasteiger partial charge is 0.303 e. The Morgan fingerprint density at radius 1 is 1.57 bits per heavy atom. The van der Waals surface area contributed by atoms with Crippen LogP contribution in [0.4, 0.5) is 5.82 Å². The SMILES string of the molecule is CC(CC(=O)O)C1CCCN(c2ncnc3ccsc23)C1. The highest BCUT2D eigenvalue weighted by Gasteiger charge is 2.27. The van der Waals surface area contributed by atoms with Gasteiger partial charge < -0.3 is 10.0 Å². The van der Waals surface area contributed by atoms with E-state index in [9.17, 15) is 4.79 Å². The van der Waals surface area contributed by atoms with Gasteiger partial charge in [-0.3, -0.25) is 4.79 Å². The standard InChI is InChI=1S/C15H19N3O2S/c1-10(7-13(19)20)11-3-2-5-18(8-11)15-14-12(4-6-21-14)16-9-17-15/h4,6,9-11H,2-3,5,7-8H2,1H3,(H,19,20). The van der Waals surface area contributed by atoms with Crippen LogP contribution in [0.5, 0.6) is 0 Å². The molecule has 21 heavy (non-hydrogen) atoms. The fourth-order valence-corrected chi connectivity index (χ4v) is 3.97. The molecule has 1 saturated heterocycles. The van der Waals surface area contributed by atoms with Crippen LogP contribution >= 0.6 is 11.3 Å². The fraction of sp³-hybridized carbons (Fsp3) is 0.533. The number of hydrogen-bond donors (Lipinski definition) is 1. The summed E-state index contributed by atoms with van der Waals surface area (Å²) in [6.45, 7) is 3.92. The van der Waals surface area contributed by atoms with E-state index < -0.39 is 5.97 Å². The maximum atomic E-state index is 10.9. The number of nitrogens with zero attached hydrogens (tertiary/aromatic N) is 3. The van der Waals surface area contributed by atoms with Crippen LogP contribution in [0, 0.1) is 11.8 Å². The number of aromatic nitrogens is 2. The van der Waals surface area contributed by atoms with Gasteiger partial charge in [-0.25, -0.2) is 9.97 Å². The van der Waals surface area contributed by atoms with E-state index in [1.165, 1.54) is 0 Å². The first-order valence-corrected chi connectivity index (χ1v) is 8.18. The fourth-order valence-electron chi connectivity index (χ4n) is 3.11. The monoisotopic (exact) mass is 305 g/mol. The minimum atomic E-state index is -0.706. The van der Waals surface area contributed by atoms with Crippen molar-refractivity contribution < 1.29 is 9.90 Å². The topological polar surface area (TPSA) is 66.3 Å². The molecule has 0 radical (unpaired) electrons. The molecule has 0 aromatic carbocycles. The van der Waals surface area contributed by atoms with Gasteiger partial charge in [0.15, 0.2) is 0 Å². The number of piperidine rings is 1. The molecule has 0 amide bonds. The van der Waals surface area contributed by atoms with E-state index in [-0.39, 0.29) is 12.3 Å². The van der Waals surface area contributed by atoms with E-state index in [4.69, 9.17) is 5.11 Å². The van der Waals surface area contributed by atoms with Crippen LogP contribution in [0.2, 0.25) is 0 Å². The number of anilines is 1. The second-order valence-electron chi connectivity index (χ2n) is 5.76. The molecule has 0 bridgehead atoms. The van der Waals surface area contributed by atoms with Gasteiger partial charge in [-0.2, -0.15) is 0 Å². The molecule has 0 saturated carbocycles. The molecule has 6 heteroatoms. The zero-order valence-electron chi connectivity index (χ0n) is 12.0. The van der Waals surface area contributed by atoms with Gasteiger partial charge in [0.1, 0.15) is 12.1 Å². The third kappa shape index (κ3) is 3.00. The van der Waals surface area contributed by atoms with Crippen LogP contribution in [0.3, 0.4) is 0 Å². The zero-order chi connectivity index (χ0) is 14.8. The molecule has 2 aromatic rings. The van der Waals surface area contributed by atoms with E-state index in [1.807, 2.05) is 18.4 Å². The molecule has 2 atom stereocenters. The Hall–Kier alpha value is -1.69. The molecule has 0 spiro atoms. The average Bonchev–Trinajstić information content (AvgIpc) is 2.95. The Labute approximate surface area is 127 Å². The molecule has 3 rings (SSSR count). The number of fused-ring (bicyclic) bond motifs is 1. The second kappa shape index (κ2) is 5.97. The zero-order valence-corrected chi connectivity index (χ0v) is 12.8. The van der Waals surface area contributed by atoms with Gasteiger partial charge in [0.2, 0.25) is 0 Å². The number of carbonyl (C=O) groups is 1. The predicted molar refractivity (Wildman–Crippen MR) is 83.8 cm³/mol. The molecule has 0 aliphatic carbocycles. The van der Waals surface area contributed by atoms with Crippen molar-refractivity contribution in [3.63, 3.8) is 0 Å². The van der Waals surface area contributed by atoms with Crippen molar-refractivity contribution in [2.75, 3.05) is 18.0 Å². The lowest BCUT2D eigenvalue weighted by atomic mass is 9.84. The molecular weight excluding hydrogens is 286 g/mol. The summed E-state index contributed by atoms with van der Waals surface area (Å²) in [6.07, 6.45) is 4.06. The average molecular weight is 305 g/mol. The Kier molecular flexibility index (Phi) is 4.05. The molecule has 3 heterocycles. The largest absolute Gasteiger partial charge is 0.481 e. The number of carboxylic acids is 1. The number of carboxylic acid groups (broad SMARTS) is 1. The normalized spacial score (nSPS) is 20.6. The van der Waals surface area contributed by atoms with E-state index in [0.29, 0.717) is 5.92 Å². The Balaban J connectivity index is 1.80. The van der Waals surface area contributed by atoms with Crippen molar-refractivity contribution in [3.8, 4) is 0 Å². The maximum Gasteiger partial charge on any atom is 0.303 e. The lowest BCUT2D eigenvalue weighted by molar-refractivity contribution is -0.138. The number of hydrogen-bond acceptors (Lipinski definition) is 5. The minimum Gasteiger partial charge on any atom is -0.481 e. The van der Waals surface area contributed by atoms with E-state index in [0.717, 1.165) is 42.0 Å². The molecule has 1 fully saturated rings. The van der Waals surface area contributed by atoms with Gasteiger partial charge in [0.05, 0.1) is 10.2 Å². The molecule has 2 unspecified atom stereocenters. The van der Waals surface area contributed by atoms with Gasteiger partial charge >= 0.3 is 5.97 Å². The van der Waals surface area contributed by atoms with Gasteiger partial charge in [0, 0.05) is 19.5 Å². The first-order chi connectivity index (χ1) is 10.1. The quantitative estimate of drug-likeness (QED) is 0.940. The summed E-state index contributed by atoms with van der Waals surface area (Å²) >= 11 is 1.67. The van der Waals surface area contributed by atoms with Crippen molar-refractivity contribution in [1.29, 1.82) is 0 Å². The third-order valence-corrected chi connectivity index (χ3v) is 5.18. The van der Waals surface area contributed by atoms with E-state index >= 15 is 0 Å². The van der Waals surface area contributed by atoms with E-state index in [1.54, 1.807) is 17.7 Å². The van der Waals surface area contributed by atoms with Gasteiger partial charge in [-0.05, 0) is 36.1 Å². The Bertz CT molecular complexity index is 643. The minimum absolute atomic E-state index is 0.200. The molecule has 2 aromatic heterocycles. The first kappa shape index (κ1) is 14.3. The summed E-state index contributed by atoms with van der Waals surface area (Å²) < 4.78 is 1.13. The molecule has 1 aliphatic rings. The molecule has 112 valence electrons. The summed E-state index contributed by atoms with van der Waals surface area (Å²) in [5.74, 6) is 0.912. The second-order valence-corrected chi connectivity index (χ2v) is 6.67. The van der Waals surface area contributed by atoms with Crippen molar-refractivity contribution >= 4 is 33.3 Å². The summed E-state index contributed by atoms with van der Waals surface area (Å²) in [7, 11) is 0. The summed E-state index contributed by atoms with van der Waals surface area (Å²) in [5, 5.41) is 11.0. The first-order valence-electron chi connectivity index (χ1n) is 7.30. The predicted octanol–water partition coefficient (Wildman–Crippen LogP) is 3.02. The number of rotatable bonds is 4. The molecule has 5 nitrogen and oxygen atoms in total. The summed E-state index contributed by atoms with van der Waals surface area (Å²) in [6, 6.07) is 2.01. The van der Waals surface area contributed by atoms with Gasteiger partial charge in [0.25, 0.3) is 0 Å². The van der Waals surface area contributed by atoms with Crippen LogP contribution in [-0.4, -0.2) is 34.1 Å². The maximum absolute atomic E-state index is 10.9. The highest BCUT2D eigenvalue weighted by molar-refractivity contribution is 7.17. The van der Waals surface area contributed by atoms with Crippen LogP contribution in [0.25, 0.3) is 10.2 Å². The van der Waals surface area contributed by atoms with Gasteiger partial charge in [-0.1, -0.05) is 6.92 Å². The highest BCUT2D eigenvalue weighted by Crippen LogP contribution is 2.33. The van der Waals surface area contributed by atoms with Crippen LogP contribution in [0.15, 0.2) is 17.8 Å².